The molecule has 0 radical (unpaired) electrons. The summed E-state index contributed by atoms with van der Waals surface area (Å²) in [6, 6.07) is 8.36. The summed E-state index contributed by atoms with van der Waals surface area (Å²) in [6.07, 6.45) is 6.82. The molecule has 1 amide bonds. The van der Waals surface area contributed by atoms with Crippen molar-refractivity contribution in [2.24, 2.45) is 5.92 Å². The molecule has 0 aromatic heterocycles. The molecule has 3 rings (SSSR count). The van der Waals surface area contributed by atoms with Crippen molar-refractivity contribution in [1.82, 2.24) is 5.32 Å². The first-order chi connectivity index (χ1) is 10.6. The Morgan fingerprint density at radius 2 is 2.14 bits per heavy atom. The van der Waals surface area contributed by atoms with E-state index in [0.717, 1.165) is 44.9 Å². The van der Waals surface area contributed by atoms with Crippen molar-refractivity contribution < 1.29 is 9.90 Å². The van der Waals surface area contributed by atoms with Crippen LogP contribution in [-0.4, -0.2) is 23.7 Å². The van der Waals surface area contributed by atoms with E-state index in [2.05, 4.69) is 30.4 Å². The summed E-state index contributed by atoms with van der Waals surface area (Å²) in [5.74, 6) is 0.579. The Kier molecular flexibility index (Phi) is 4.53. The molecule has 2 N–H and O–H groups in total. The molecular formula is C19H27NO2. The summed E-state index contributed by atoms with van der Waals surface area (Å²) in [7, 11) is 0. The molecule has 3 heteroatoms. The van der Waals surface area contributed by atoms with Gasteiger partial charge in [-0.25, -0.2) is 0 Å². The van der Waals surface area contributed by atoms with Gasteiger partial charge in [0.1, 0.15) is 0 Å². The van der Waals surface area contributed by atoms with Gasteiger partial charge in [-0.1, -0.05) is 30.7 Å². The van der Waals surface area contributed by atoms with Gasteiger partial charge in [-0.05, 0) is 62.5 Å². The lowest BCUT2D eigenvalue weighted by atomic mass is 9.70. The highest BCUT2D eigenvalue weighted by Crippen LogP contribution is 2.37. The predicted molar refractivity (Wildman–Crippen MR) is 87.7 cm³/mol. The van der Waals surface area contributed by atoms with Gasteiger partial charge >= 0.3 is 0 Å². The van der Waals surface area contributed by atoms with Gasteiger partial charge in [-0.15, -0.1) is 0 Å². The van der Waals surface area contributed by atoms with E-state index < -0.39 is 5.41 Å². The number of rotatable bonds is 3. The van der Waals surface area contributed by atoms with Crippen molar-refractivity contribution in [1.29, 1.82) is 0 Å². The zero-order valence-corrected chi connectivity index (χ0v) is 13.5. The van der Waals surface area contributed by atoms with Crippen LogP contribution in [0.5, 0.6) is 0 Å². The van der Waals surface area contributed by atoms with Crippen LogP contribution < -0.4 is 5.32 Å². The number of aliphatic hydroxyl groups is 1. The molecule has 0 spiro atoms. The smallest absolute Gasteiger partial charge is 0.230 e. The number of amides is 1. The predicted octanol–water partition coefficient (Wildman–Crippen LogP) is 2.95. The van der Waals surface area contributed by atoms with Gasteiger partial charge in [-0.2, -0.15) is 0 Å². The third-order valence-corrected chi connectivity index (χ3v) is 5.54. The third-order valence-electron chi connectivity index (χ3n) is 5.54. The van der Waals surface area contributed by atoms with Gasteiger partial charge in [0, 0.05) is 6.54 Å². The van der Waals surface area contributed by atoms with Crippen LogP contribution in [0, 0.1) is 5.92 Å². The Hall–Kier alpha value is -1.35. The molecule has 1 aromatic rings. The third kappa shape index (κ3) is 3.05. The molecule has 0 aliphatic heterocycles. The first-order valence-corrected chi connectivity index (χ1v) is 8.64. The Morgan fingerprint density at radius 1 is 1.32 bits per heavy atom. The van der Waals surface area contributed by atoms with E-state index in [0.29, 0.717) is 12.5 Å². The average molecular weight is 301 g/mol. The Balaban J connectivity index is 1.67. The second-order valence-corrected chi connectivity index (χ2v) is 7.24. The second kappa shape index (κ2) is 6.41. The number of aryl methyl sites for hydroxylation is 1. The highest BCUT2D eigenvalue weighted by atomic mass is 16.3. The maximum absolute atomic E-state index is 12.8. The van der Waals surface area contributed by atoms with E-state index in [1.165, 1.54) is 11.1 Å². The quantitative estimate of drug-likeness (QED) is 0.902. The van der Waals surface area contributed by atoms with Crippen LogP contribution in [0.2, 0.25) is 0 Å². The largest absolute Gasteiger partial charge is 0.393 e. The molecule has 22 heavy (non-hydrogen) atoms. The molecule has 1 aromatic carbocycles. The number of carbonyl (C=O) groups excluding carboxylic acids is 1. The van der Waals surface area contributed by atoms with E-state index >= 15 is 0 Å². The van der Waals surface area contributed by atoms with Gasteiger partial charge in [0.2, 0.25) is 5.91 Å². The van der Waals surface area contributed by atoms with Crippen LogP contribution in [0.15, 0.2) is 24.3 Å². The van der Waals surface area contributed by atoms with Crippen molar-refractivity contribution in [3.05, 3.63) is 35.4 Å². The van der Waals surface area contributed by atoms with Crippen LogP contribution in [0.3, 0.4) is 0 Å². The molecule has 1 fully saturated rings. The number of hydrogen-bond donors (Lipinski definition) is 2. The van der Waals surface area contributed by atoms with Crippen molar-refractivity contribution in [2.45, 2.75) is 63.4 Å². The van der Waals surface area contributed by atoms with E-state index in [4.69, 9.17) is 0 Å². The molecule has 3 nitrogen and oxygen atoms in total. The minimum Gasteiger partial charge on any atom is -0.393 e. The van der Waals surface area contributed by atoms with E-state index in [1.807, 2.05) is 6.07 Å². The van der Waals surface area contributed by atoms with E-state index in [1.54, 1.807) is 0 Å². The van der Waals surface area contributed by atoms with E-state index in [9.17, 15) is 9.90 Å². The standard InChI is InChI=1S/C19H27NO2/c1-19(11-5-8-15-7-2-3-10-17(15)19)18(22)20-13-14-6-4-9-16(21)12-14/h2-3,7,10,14,16,21H,4-6,8-9,11-13H2,1H3,(H,20,22). The molecule has 3 atom stereocenters. The number of nitrogens with one attached hydrogen (secondary N) is 1. The number of aliphatic hydroxyl groups excluding tert-OH is 1. The summed E-state index contributed by atoms with van der Waals surface area (Å²) < 4.78 is 0. The van der Waals surface area contributed by atoms with Crippen molar-refractivity contribution in [2.75, 3.05) is 6.54 Å². The van der Waals surface area contributed by atoms with Gasteiger partial charge < -0.3 is 10.4 Å². The fourth-order valence-electron chi connectivity index (χ4n) is 4.16. The molecule has 1 saturated carbocycles. The first-order valence-electron chi connectivity index (χ1n) is 8.64. The minimum atomic E-state index is -0.401. The molecule has 0 bridgehead atoms. The lowest BCUT2D eigenvalue weighted by molar-refractivity contribution is -0.127. The molecule has 0 heterocycles. The Morgan fingerprint density at radius 3 is 2.95 bits per heavy atom. The summed E-state index contributed by atoms with van der Waals surface area (Å²) >= 11 is 0. The Labute approximate surface area is 133 Å². The number of benzene rings is 1. The van der Waals surface area contributed by atoms with Crippen LogP contribution in [0.25, 0.3) is 0 Å². The topological polar surface area (TPSA) is 49.3 Å². The average Bonchev–Trinajstić information content (AvgIpc) is 2.53. The summed E-state index contributed by atoms with van der Waals surface area (Å²) in [5.41, 5.74) is 2.11. The van der Waals surface area contributed by atoms with Gasteiger partial charge in [-0.3, -0.25) is 4.79 Å². The van der Waals surface area contributed by atoms with Crippen molar-refractivity contribution in [3.63, 3.8) is 0 Å². The van der Waals surface area contributed by atoms with Crippen molar-refractivity contribution >= 4 is 5.91 Å². The van der Waals surface area contributed by atoms with Crippen LogP contribution in [-0.2, 0) is 16.6 Å². The molecule has 2 aliphatic rings. The zero-order chi connectivity index (χ0) is 15.6. The van der Waals surface area contributed by atoms with Crippen LogP contribution >= 0.6 is 0 Å². The SMILES string of the molecule is CC1(C(=O)NCC2CCCC(O)C2)CCCc2ccccc21. The molecule has 2 aliphatic carbocycles. The molecular weight excluding hydrogens is 274 g/mol. The number of hydrogen-bond acceptors (Lipinski definition) is 2. The van der Waals surface area contributed by atoms with Crippen LogP contribution in [0.1, 0.15) is 56.6 Å². The lowest BCUT2D eigenvalue weighted by Gasteiger charge is -2.35. The number of fused-ring (bicyclic) bond motifs is 1. The fourth-order valence-corrected chi connectivity index (χ4v) is 4.16. The maximum Gasteiger partial charge on any atom is 0.230 e. The van der Waals surface area contributed by atoms with Crippen molar-refractivity contribution in [3.8, 4) is 0 Å². The lowest BCUT2D eigenvalue weighted by Crippen LogP contribution is -2.46. The van der Waals surface area contributed by atoms with Gasteiger partial charge in [0.05, 0.1) is 11.5 Å². The molecule has 120 valence electrons. The maximum atomic E-state index is 12.8. The Bertz CT molecular complexity index is 542. The molecule has 3 unspecified atom stereocenters. The summed E-state index contributed by atoms with van der Waals surface area (Å²) in [4.78, 5) is 12.8. The fraction of sp³-hybridized carbons (Fsp3) is 0.632. The minimum absolute atomic E-state index is 0.153. The zero-order valence-electron chi connectivity index (χ0n) is 13.5. The normalized spacial score (nSPS) is 31.4. The van der Waals surface area contributed by atoms with Crippen LogP contribution in [0.4, 0.5) is 0 Å². The highest BCUT2D eigenvalue weighted by molar-refractivity contribution is 5.88. The monoisotopic (exact) mass is 301 g/mol. The highest BCUT2D eigenvalue weighted by Gasteiger charge is 2.38. The second-order valence-electron chi connectivity index (χ2n) is 7.24. The van der Waals surface area contributed by atoms with Gasteiger partial charge in [0.15, 0.2) is 0 Å². The summed E-state index contributed by atoms with van der Waals surface area (Å²) in [5, 5.41) is 12.9. The first kappa shape index (κ1) is 15.5. The number of carbonyl (C=O) groups is 1. The molecule has 0 saturated heterocycles. The van der Waals surface area contributed by atoms with E-state index in [-0.39, 0.29) is 12.0 Å². The summed E-state index contributed by atoms with van der Waals surface area (Å²) in [6.45, 7) is 2.78. The van der Waals surface area contributed by atoms with Gasteiger partial charge in [0.25, 0.3) is 0 Å².